The Morgan fingerprint density at radius 3 is 2.95 bits per heavy atom. The van der Waals surface area contributed by atoms with Crippen molar-refractivity contribution < 1.29 is 4.79 Å². The lowest BCUT2D eigenvalue weighted by Crippen LogP contribution is -2.30. The molecule has 0 aliphatic carbocycles. The Balaban J connectivity index is 1.69. The van der Waals surface area contributed by atoms with Crippen LogP contribution in [0.3, 0.4) is 0 Å². The van der Waals surface area contributed by atoms with E-state index in [-0.39, 0.29) is 12.5 Å². The van der Waals surface area contributed by atoms with E-state index < -0.39 is 0 Å². The van der Waals surface area contributed by atoms with Gasteiger partial charge in [-0.3, -0.25) is 9.48 Å². The number of benzene rings is 1. The molecule has 1 amide bonds. The van der Waals surface area contributed by atoms with Crippen LogP contribution >= 0.6 is 0 Å². The van der Waals surface area contributed by atoms with Gasteiger partial charge in [-0.05, 0) is 18.6 Å². The first-order valence-electron chi connectivity index (χ1n) is 6.16. The molecule has 0 spiro atoms. The highest BCUT2D eigenvalue weighted by Gasteiger charge is 2.03. The number of carbonyl (C=O) groups is 1. The van der Waals surface area contributed by atoms with Gasteiger partial charge in [0.1, 0.15) is 0 Å². The Bertz CT molecular complexity index is 524. The van der Waals surface area contributed by atoms with Crippen LogP contribution in [0.4, 0.5) is 5.69 Å². The number of rotatable bonds is 6. The van der Waals surface area contributed by atoms with Crippen LogP contribution in [-0.4, -0.2) is 34.0 Å². The van der Waals surface area contributed by atoms with E-state index in [9.17, 15) is 4.79 Å². The lowest BCUT2D eigenvalue weighted by molar-refractivity contribution is -0.115. The zero-order chi connectivity index (χ0) is 13.5. The summed E-state index contributed by atoms with van der Waals surface area (Å²) in [4.78, 5) is 11.7. The van der Waals surface area contributed by atoms with E-state index in [1.165, 1.54) is 0 Å². The molecule has 1 heterocycles. The molecule has 6 heteroatoms. The summed E-state index contributed by atoms with van der Waals surface area (Å²) >= 11 is 0. The van der Waals surface area contributed by atoms with E-state index in [1.807, 2.05) is 31.2 Å². The quantitative estimate of drug-likeness (QED) is 0.753. The highest BCUT2D eigenvalue weighted by molar-refractivity contribution is 5.92. The molecule has 0 aliphatic rings. The number of nitrogens with zero attached hydrogens (tertiary/aromatic N) is 3. The molecule has 1 aromatic carbocycles. The topological polar surface area (TPSA) is 71.8 Å². The third kappa shape index (κ3) is 4.18. The van der Waals surface area contributed by atoms with Gasteiger partial charge in [0, 0.05) is 18.4 Å². The number of carbonyl (C=O) groups excluding carboxylic acids is 1. The fourth-order valence-corrected chi connectivity index (χ4v) is 1.66. The van der Waals surface area contributed by atoms with Crippen molar-refractivity contribution in [1.82, 2.24) is 20.3 Å². The maximum absolute atomic E-state index is 11.7. The minimum atomic E-state index is -0.0482. The zero-order valence-electron chi connectivity index (χ0n) is 10.8. The van der Waals surface area contributed by atoms with Crippen molar-refractivity contribution in [1.29, 1.82) is 0 Å². The standard InChI is InChI=1S/C13H17N5O/c1-11-4-2-3-5-12(11)16-13(19)10-14-6-8-18-9-7-15-17-18/h2-5,7,9,14H,6,8,10H2,1H3,(H,16,19). The van der Waals surface area contributed by atoms with Crippen LogP contribution in [0.15, 0.2) is 36.7 Å². The second kappa shape index (κ2) is 6.65. The lowest BCUT2D eigenvalue weighted by Gasteiger charge is -2.08. The fourth-order valence-electron chi connectivity index (χ4n) is 1.66. The molecule has 19 heavy (non-hydrogen) atoms. The van der Waals surface area contributed by atoms with Crippen molar-refractivity contribution in [3.8, 4) is 0 Å². The summed E-state index contributed by atoms with van der Waals surface area (Å²) in [6.07, 6.45) is 3.42. The van der Waals surface area contributed by atoms with Crippen LogP contribution in [0, 0.1) is 6.92 Å². The number of aromatic nitrogens is 3. The minimum Gasteiger partial charge on any atom is -0.325 e. The van der Waals surface area contributed by atoms with Gasteiger partial charge in [0.2, 0.25) is 5.91 Å². The number of aryl methyl sites for hydroxylation is 1. The first kappa shape index (κ1) is 13.2. The Hall–Kier alpha value is -2.21. The molecule has 0 bridgehead atoms. The summed E-state index contributed by atoms with van der Waals surface area (Å²) in [6.45, 7) is 3.61. The van der Waals surface area contributed by atoms with Crippen molar-refractivity contribution in [2.45, 2.75) is 13.5 Å². The highest BCUT2D eigenvalue weighted by Crippen LogP contribution is 2.12. The maximum Gasteiger partial charge on any atom is 0.238 e. The van der Waals surface area contributed by atoms with Crippen molar-refractivity contribution in [3.63, 3.8) is 0 Å². The average Bonchev–Trinajstić information content (AvgIpc) is 2.91. The summed E-state index contributed by atoms with van der Waals surface area (Å²) in [5, 5.41) is 13.5. The summed E-state index contributed by atoms with van der Waals surface area (Å²) < 4.78 is 1.71. The number of nitrogens with one attached hydrogen (secondary N) is 2. The van der Waals surface area contributed by atoms with Crippen LogP contribution in [0.2, 0.25) is 0 Å². The van der Waals surface area contributed by atoms with Gasteiger partial charge in [0.15, 0.2) is 0 Å². The third-order valence-corrected chi connectivity index (χ3v) is 2.69. The molecule has 0 aliphatic heterocycles. The number of anilines is 1. The van der Waals surface area contributed by atoms with Gasteiger partial charge in [-0.15, -0.1) is 5.10 Å². The molecule has 0 saturated carbocycles. The third-order valence-electron chi connectivity index (χ3n) is 2.69. The number of hydrogen-bond donors (Lipinski definition) is 2. The monoisotopic (exact) mass is 259 g/mol. The second-order valence-electron chi connectivity index (χ2n) is 4.21. The Labute approximate surface area is 111 Å². The predicted octanol–water partition coefficient (Wildman–Crippen LogP) is 0.815. The molecule has 2 aromatic rings. The van der Waals surface area contributed by atoms with Gasteiger partial charge in [0.05, 0.1) is 19.3 Å². The average molecular weight is 259 g/mol. The van der Waals surface area contributed by atoms with Crippen LogP contribution in [0.5, 0.6) is 0 Å². The van der Waals surface area contributed by atoms with Crippen molar-refractivity contribution >= 4 is 11.6 Å². The summed E-state index contributed by atoms with van der Waals surface area (Å²) in [5.41, 5.74) is 1.91. The molecule has 6 nitrogen and oxygen atoms in total. The molecule has 100 valence electrons. The normalized spacial score (nSPS) is 10.4. The Morgan fingerprint density at radius 2 is 2.21 bits per heavy atom. The summed E-state index contributed by atoms with van der Waals surface area (Å²) in [7, 11) is 0. The lowest BCUT2D eigenvalue weighted by atomic mass is 10.2. The molecular formula is C13H17N5O. The van der Waals surface area contributed by atoms with Gasteiger partial charge in [0.25, 0.3) is 0 Å². The van der Waals surface area contributed by atoms with E-state index in [2.05, 4.69) is 20.9 Å². The molecular weight excluding hydrogens is 242 g/mol. The van der Waals surface area contributed by atoms with Crippen LogP contribution < -0.4 is 10.6 Å². The molecule has 0 saturated heterocycles. The van der Waals surface area contributed by atoms with Crippen molar-refractivity contribution in [3.05, 3.63) is 42.2 Å². The van der Waals surface area contributed by atoms with E-state index in [0.717, 1.165) is 11.3 Å². The highest BCUT2D eigenvalue weighted by atomic mass is 16.1. The second-order valence-corrected chi connectivity index (χ2v) is 4.21. The number of para-hydroxylation sites is 1. The van der Waals surface area contributed by atoms with E-state index >= 15 is 0 Å². The van der Waals surface area contributed by atoms with Gasteiger partial charge in [-0.25, -0.2) is 0 Å². The Morgan fingerprint density at radius 1 is 1.37 bits per heavy atom. The molecule has 0 atom stereocenters. The molecule has 2 N–H and O–H groups in total. The largest absolute Gasteiger partial charge is 0.325 e. The van der Waals surface area contributed by atoms with Gasteiger partial charge < -0.3 is 10.6 Å². The van der Waals surface area contributed by atoms with Crippen LogP contribution in [0.25, 0.3) is 0 Å². The van der Waals surface area contributed by atoms with Gasteiger partial charge in [-0.1, -0.05) is 23.4 Å². The van der Waals surface area contributed by atoms with Gasteiger partial charge in [-0.2, -0.15) is 0 Å². The molecule has 0 fully saturated rings. The summed E-state index contributed by atoms with van der Waals surface area (Å²) in [5.74, 6) is -0.0482. The van der Waals surface area contributed by atoms with Gasteiger partial charge >= 0.3 is 0 Å². The SMILES string of the molecule is Cc1ccccc1NC(=O)CNCCn1ccnn1. The van der Waals surface area contributed by atoms with E-state index in [0.29, 0.717) is 13.1 Å². The van der Waals surface area contributed by atoms with Crippen LogP contribution in [0.1, 0.15) is 5.56 Å². The molecule has 0 unspecified atom stereocenters. The van der Waals surface area contributed by atoms with Crippen molar-refractivity contribution in [2.75, 3.05) is 18.4 Å². The molecule has 1 aromatic heterocycles. The smallest absolute Gasteiger partial charge is 0.238 e. The minimum absolute atomic E-state index is 0.0482. The fraction of sp³-hybridized carbons (Fsp3) is 0.308. The molecule has 0 radical (unpaired) electrons. The maximum atomic E-state index is 11.7. The van der Waals surface area contributed by atoms with Crippen molar-refractivity contribution in [2.24, 2.45) is 0 Å². The molecule has 2 rings (SSSR count). The number of hydrogen-bond acceptors (Lipinski definition) is 4. The van der Waals surface area contributed by atoms with Crippen LogP contribution in [-0.2, 0) is 11.3 Å². The van der Waals surface area contributed by atoms with E-state index in [1.54, 1.807) is 17.1 Å². The Kier molecular flexibility index (Phi) is 4.63. The van der Waals surface area contributed by atoms with E-state index in [4.69, 9.17) is 0 Å². The first-order valence-corrected chi connectivity index (χ1v) is 6.16. The summed E-state index contributed by atoms with van der Waals surface area (Å²) in [6, 6.07) is 7.71. The number of amides is 1. The predicted molar refractivity (Wildman–Crippen MR) is 72.7 cm³/mol. The first-order chi connectivity index (χ1) is 9.25. The zero-order valence-corrected chi connectivity index (χ0v) is 10.8.